The molecular formula is C20H17ClF2N4O. The van der Waals surface area contributed by atoms with Gasteiger partial charge in [-0.15, -0.1) is 5.10 Å². The Morgan fingerprint density at radius 2 is 1.93 bits per heavy atom. The molecule has 3 aromatic rings. The lowest BCUT2D eigenvalue weighted by molar-refractivity contribution is 0.0715. The maximum Gasteiger partial charge on any atom is 0.294 e. The summed E-state index contributed by atoms with van der Waals surface area (Å²) in [6.45, 7) is 1.80. The van der Waals surface area contributed by atoms with Gasteiger partial charge < -0.3 is 4.90 Å². The summed E-state index contributed by atoms with van der Waals surface area (Å²) in [5, 5.41) is 4.93. The molecule has 4 rings (SSSR count). The molecule has 0 aliphatic heterocycles. The van der Waals surface area contributed by atoms with Crippen molar-refractivity contribution in [1.82, 2.24) is 19.7 Å². The monoisotopic (exact) mass is 402 g/mol. The van der Waals surface area contributed by atoms with Gasteiger partial charge >= 0.3 is 0 Å². The summed E-state index contributed by atoms with van der Waals surface area (Å²) in [5.74, 6) is -1.10. The van der Waals surface area contributed by atoms with Crippen LogP contribution in [0.5, 0.6) is 0 Å². The quantitative estimate of drug-likeness (QED) is 0.639. The van der Waals surface area contributed by atoms with Crippen molar-refractivity contribution in [3.05, 3.63) is 76.3 Å². The summed E-state index contributed by atoms with van der Waals surface area (Å²) >= 11 is 5.92. The molecule has 0 bridgehead atoms. The summed E-state index contributed by atoms with van der Waals surface area (Å²) in [6.07, 6.45) is 1.68. The van der Waals surface area contributed by atoms with Gasteiger partial charge in [0.15, 0.2) is 0 Å². The maximum atomic E-state index is 14.1. The van der Waals surface area contributed by atoms with Crippen LogP contribution in [-0.4, -0.2) is 31.6 Å². The molecule has 1 saturated carbocycles. The van der Waals surface area contributed by atoms with Crippen LogP contribution in [0.4, 0.5) is 8.78 Å². The van der Waals surface area contributed by atoms with E-state index < -0.39 is 11.6 Å². The van der Waals surface area contributed by atoms with Crippen molar-refractivity contribution in [3.8, 4) is 5.69 Å². The Balaban J connectivity index is 1.61. The van der Waals surface area contributed by atoms with Crippen molar-refractivity contribution in [3.63, 3.8) is 0 Å². The SMILES string of the molecule is Cc1nc(C(=O)N(Cc2ccc(F)cc2F)C2CC2)nn1-c1ccc(Cl)cc1. The van der Waals surface area contributed by atoms with Gasteiger partial charge in [0.25, 0.3) is 5.91 Å². The van der Waals surface area contributed by atoms with E-state index in [2.05, 4.69) is 10.1 Å². The molecule has 2 aromatic carbocycles. The Bertz CT molecular complexity index is 1030. The average molecular weight is 403 g/mol. The highest BCUT2D eigenvalue weighted by Gasteiger charge is 2.35. The predicted octanol–water partition coefficient (Wildman–Crippen LogP) is 4.31. The summed E-state index contributed by atoms with van der Waals surface area (Å²) in [5.41, 5.74) is 0.992. The topological polar surface area (TPSA) is 51.0 Å². The van der Waals surface area contributed by atoms with Gasteiger partial charge in [-0.2, -0.15) is 0 Å². The van der Waals surface area contributed by atoms with E-state index in [9.17, 15) is 13.6 Å². The van der Waals surface area contributed by atoms with Crippen molar-refractivity contribution >= 4 is 17.5 Å². The first-order valence-electron chi connectivity index (χ1n) is 8.87. The van der Waals surface area contributed by atoms with Crippen LogP contribution < -0.4 is 0 Å². The number of hydrogen-bond acceptors (Lipinski definition) is 3. The van der Waals surface area contributed by atoms with E-state index in [1.54, 1.807) is 40.8 Å². The fourth-order valence-electron chi connectivity index (χ4n) is 3.02. The van der Waals surface area contributed by atoms with E-state index in [1.807, 2.05) is 0 Å². The first-order valence-corrected chi connectivity index (χ1v) is 9.24. The van der Waals surface area contributed by atoms with E-state index in [1.165, 1.54) is 12.1 Å². The Morgan fingerprint density at radius 3 is 2.57 bits per heavy atom. The molecule has 0 atom stereocenters. The lowest BCUT2D eigenvalue weighted by Gasteiger charge is -2.21. The molecule has 0 radical (unpaired) electrons. The summed E-state index contributed by atoms with van der Waals surface area (Å²) in [4.78, 5) is 18.9. The molecule has 1 heterocycles. The number of rotatable bonds is 5. The molecule has 1 aliphatic rings. The van der Waals surface area contributed by atoms with Crippen LogP contribution in [0.25, 0.3) is 5.69 Å². The fourth-order valence-corrected chi connectivity index (χ4v) is 3.15. The largest absolute Gasteiger partial charge is 0.328 e. The van der Waals surface area contributed by atoms with Gasteiger partial charge in [0.2, 0.25) is 5.82 Å². The molecule has 0 saturated heterocycles. The number of aryl methyl sites for hydroxylation is 1. The Morgan fingerprint density at radius 1 is 1.21 bits per heavy atom. The Kier molecular flexibility index (Phi) is 4.85. The third-order valence-electron chi connectivity index (χ3n) is 4.64. The molecule has 0 N–H and O–H groups in total. The van der Waals surface area contributed by atoms with Gasteiger partial charge in [-0.25, -0.2) is 18.4 Å². The van der Waals surface area contributed by atoms with Crippen molar-refractivity contribution in [2.75, 3.05) is 0 Å². The van der Waals surface area contributed by atoms with Crippen LogP contribution in [0, 0.1) is 18.6 Å². The highest BCUT2D eigenvalue weighted by atomic mass is 35.5. The van der Waals surface area contributed by atoms with Gasteiger partial charge in [-0.1, -0.05) is 17.7 Å². The Hall–Kier alpha value is -2.80. The van der Waals surface area contributed by atoms with Crippen LogP contribution in [0.1, 0.15) is 34.8 Å². The zero-order chi connectivity index (χ0) is 19.8. The number of amides is 1. The smallest absolute Gasteiger partial charge is 0.294 e. The zero-order valence-corrected chi connectivity index (χ0v) is 15.8. The average Bonchev–Trinajstić information content (AvgIpc) is 3.43. The standard InChI is InChI=1S/C20H17ClF2N4O/c1-12-24-19(25-27(12)17-6-3-14(21)4-7-17)20(28)26(16-8-9-16)11-13-2-5-15(22)10-18(13)23/h2-7,10,16H,8-9,11H2,1H3. The Labute approximate surface area is 165 Å². The molecule has 28 heavy (non-hydrogen) atoms. The second kappa shape index (κ2) is 7.31. The number of benzene rings is 2. The van der Waals surface area contributed by atoms with E-state index in [4.69, 9.17) is 11.6 Å². The van der Waals surface area contributed by atoms with Crippen molar-refractivity contribution in [2.24, 2.45) is 0 Å². The number of carbonyl (C=O) groups excluding carboxylic acids is 1. The van der Waals surface area contributed by atoms with Crippen molar-refractivity contribution in [1.29, 1.82) is 0 Å². The fraction of sp³-hybridized carbons (Fsp3) is 0.250. The minimum atomic E-state index is -0.672. The molecule has 1 aromatic heterocycles. The molecule has 1 aliphatic carbocycles. The summed E-state index contributed by atoms with van der Waals surface area (Å²) in [7, 11) is 0. The summed E-state index contributed by atoms with van der Waals surface area (Å²) in [6, 6.07) is 10.4. The maximum absolute atomic E-state index is 14.1. The number of halogens is 3. The molecule has 144 valence electrons. The third-order valence-corrected chi connectivity index (χ3v) is 4.89. The molecule has 1 amide bonds. The molecule has 1 fully saturated rings. The minimum Gasteiger partial charge on any atom is -0.328 e. The predicted molar refractivity (Wildman–Crippen MR) is 100 cm³/mol. The lowest BCUT2D eigenvalue weighted by Crippen LogP contribution is -2.33. The van der Waals surface area contributed by atoms with Crippen LogP contribution in [-0.2, 0) is 6.54 Å². The van der Waals surface area contributed by atoms with Gasteiger partial charge in [-0.3, -0.25) is 4.79 Å². The highest BCUT2D eigenvalue weighted by molar-refractivity contribution is 6.30. The zero-order valence-electron chi connectivity index (χ0n) is 15.1. The van der Waals surface area contributed by atoms with E-state index in [0.29, 0.717) is 10.8 Å². The van der Waals surface area contributed by atoms with Gasteiger partial charge in [0.05, 0.1) is 5.69 Å². The van der Waals surface area contributed by atoms with Crippen LogP contribution in [0.15, 0.2) is 42.5 Å². The number of aromatic nitrogens is 3. The van der Waals surface area contributed by atoms with Crippen molar-refractivity contribution < 1.29 is 13.6 Å². The number of carbonyl (C=O) groups is 1. The third kappa shape index (κ3) is 3.75. The lowest BCUT2D eigenvalue weighted by atomic mass is 10.2. The van der Waals surface area contributed by atoms with E-state index in [-0.39, 0.29) is 29.9 Å². The van der Waals surface area contributed by atoms with Crippen LogP contribution in [0.2, 0.25) is 5.02 Å². The molecule has 0 unspecified atom stereocenters. The van der Waals surface area contributed by atoms with Gasteiger partial charge in [0.1, 0.15) is 17.5 Å². The van der Waals surface area contributed by atoms with Gasteiger partial charge in [-0.05, 0) is 50.1 Å². The second-order valence-corrected chi connectivity index (χ2v) is 7.21. The van der Waals surface area contributed by atoms with E-state index in [0.717, 1.165) is 24.6 Å². The number of nitrogens with zero attached hydrogens (tertiary/aromatic N) is 4. The summed E-state index contributed by atoms with van der Waals surface area (Å²) < 4.78 is 28.8. The normalized spacial score (nSPS) is 13.6. The number of hydrogen-bond donors (Lipinski definition) is 0. The van der Waals surface area contributed by atoms with Crippen LogP contribution >= 0.6 is 11.6 Å². The van der Waals surface area contributed by atoms with Crippen LogP contribution in [0.3, 0.4) is 0 Å². The molecular weight excluding hydrogens is 386 g/mol. The molecule has 5 nitrogen and oxygen atoms in total. The first-order chi connectivity index (χ1) is 13.4. The molecule has 0 spiro atoms. The highest BCUT2D eigenvalue weighted by Crippen LogP contribution is 2.30. The van der Waals surface area contributed by atoms with Crippen molar-refractivity contribution in [2.45, 2.75) is 32.4 Å². The first kappa shape index (κ1) is 18.6. The molecule has 8 heteroatoms. The van der Waals surface area contributed by atoms with E-state index >= 15 is 0 Å². The minimum absolute atomic E-state index is 0.0136. The second-order valence-electron chi connectivity index (χ2n) is 6.77. The van der Waals surface area contributed by atoms with Gasteiger partial charge in [0, 0.05) is 29.2 Å².